The van der Waals surface area contributed by atoms with E-state index in [9.17, 15) is 0 Å². The van der Waals surface area contributed by atoms with Crippen molar-refractivity contribution in [2.24, 2.45) is 10.2 Å². The van der Waals surface area contributed by atoms with Crippen molar-refractivity contribution < 1.29 is 0 Å². The molecule has 0 aliphatic heterocycles. The molecule has 6 heteroatoms. The normalized spacial score (nSPS) is 13.1. The molecule has 0 aliphatic carbocycles. The number of benzene rings is 1. The zero-order chi connectivity index (χ0) is 12.8. The molecule has 0 spiro atoms. The van der Waals surface area contributed by atoms with Crippen LogP contribution in [0.5, 0.6) is 0 Å². The van der Waals surface area contributed by atoms with E-state index < -0.39 is 0 Å². The SMILES string of the molecule is Cc1cccc(C(C)N=[N+]=[N-])c1C(C)N=[N+]=[N-]. The Morgan fingerprint density at radius 3 is 2.24 bits per heavy atom. The Morgan fingerprint density at radius 1 is 1.06 bits per heavy atom. The smallest absolute Gasteiger partial charge is 0.0602 e. The second-order valence-corrected chi connectivity index (χ2v) is 3.84. The molecule has 0 amide bonds. The predicted molar refractivity (Wildman–Crippen MR) is 66.3 cm³/mol. The summed E-state index contributed by atoms with van der Waals surface area (Å²) in [6.07, 6.45) is 0. The van der Waals surface area contributed by atoms with Crippen LogP contribution in [0, 0.1) is 6.92 Å². The molecular formula is C11H14N6. The van der Waals surface area contributed by atoms with Crippen molar-refractivity contribution in [2.75, 3.05) is 0 Å². The summed E-state index contributed by atoms with van der Waals surface area (Å²) in [6, 6.07) is 5.20. The molecule has 1 aromatic rings. The molecule has 1 rings (SSSR count). The van der Waals surface area contributed by atoms with Gasteiger partial charge in [0.05, 0.1) is 12.1 Å². The fraction of sp³-hybridized carbons (Fsp3) is 0.455. The van der Waals surface area contributed by atoms with E-state index in [0.717, 1.165) is 16.7 Å². The van der Waals surface area contributed by atoms with Crippen LogP contribution in [0.2, 0.25) is 0 Å². The highest BCUT2D eigenvalue weighted by atomic mass is 15.2. The maximum Gasteiger partial charge on any atom is 0.0602 e. The minimum absolute atomic E-state index is 0.271. The third kappa shape index (κ3) is 2.91. The van der Waals surface area contributed by atoms with E-state index in [-0.39, 0.29) is 12.1 Å². The van der Waals surface area contributed by atoms with Gasteiger partial charge in [0.15, 0.2) is 0 Å². The zero-order valence-corrected chi connectivity index (χ0v) is 10.1. The quantitative estimate of drug-likeness (QED) is 0.405. The Bertz CT molecular complexity index is 497. The summed E-state index contributed by atoms with van der Waals surface area (Å²) >= 11 is 0. The van der Waals surface area contributed by atoms with Crippen LogP contribution in [0.3, 0.4) is 0 Å². The van der Waals surface area contributed by atoms with Crippen molar-refractivity contribution in [3.63, 3.8) is 0 Å². The summed E-state index contributed by atoms with van der Waals surface area (Å²) in [5.74, 6) is 0. The molecule has 17 heavy (non-hydrogen) atoms. The molecule has 88 valence electrons. The van der Waals surface area contributed by atoms with Crippen molar-refractivity contribution in [2.45, 2.75) is 32.9 Å². The fourth-order valence-electron chi connectivity index (χ4n) is 1.91. The molecule has 0 N–H and O–H groups in total. The van der Waals surface area contributed by atoms with Crippen molar-refractivity contribution in [1.82, 2.24) is 0 Å². The summed E-state index contributed by atoms with van der Waals surface area (Å²) < 4.78 is 0. The molecule has 0 fully saturated rings. The van der Waals surface area contributed by atoms with Gasteiger partial charge in [-0.2, -0.15) is 0 Å². The summed E-state index contributed by atoms with van der Waals surface area (Å²) in [7, 11) is 0. The molecule has 0 saturated carbocycles. The molecular weight excluding hydrogens is 216 g/mol. The van der Waals surface area contributed by atoms with Crippen LogP contribution in [0.1, 0.15) is 42.6 Å². The molecule has 0 radical (unpaired) electrons. The zero-order valence-electron chi connectivity index (χ0n) is 10.1. The Hall–Kier alpha value is -2.16. The van der Waals surface area contributed by atoms with E-state index in [1.54, 1.807) is 0 Å². The fourth-order valence-corrected chi connectivity index (χ4v) is 1.91. The third-order valence-corrected chi connectivity index (χ3v) is 2.68. The van der Waals surface area contributed by atoms with E-state index in [2.05, 4.69) is 20.1 Å². The van der Waals surface area contributed by atoms with Crippen molar-refractivity contribution >= 4 is 0 Å². The van der Waals surface area contributed by atoms with Gasteiger partial charge in [0.1, 0.15) is 0 Å². The van der Waals surface area contributed by atoms with Crippen molar-refractivity contribution in [3.8, 4) is 0 Å². The number of hydrogen-bond donors (Lipinski definition) is 0. The van der Waals surface area contributed by atoms with Crippen LogP contribution in [0.15, 0.2) is 28.4 Å². The number of azide groups is 2. The Balaban J connectivity index is 3.35. The lowest BCUT2D eigenvalue weighted by atomic mass is 9.93. The van der Waals surface area contributed by atoms with Gasteiger partial charge < -0.3 is 0 Å². The lowest BCUT2D eigenvalue weighted by molar-refractivity contribution is 0.734. The van der Waals surface area contributed by atoms with E-state index in [0.29, 0.717) is 0 Å². The summed E-state index contributed by atoms with van der Waals surface area (Å²) in [6.45, 7) is 5.60. The first-order chi connectivity index (χ1) is 8.11. The Kier molecular flexibility index (Phi) is 4.40. The first-order valence-electron chi connectivity index (χ1n) is 5.29. The average Bonchev–Trinajstić information content (AvgIpc) is 2.29. The van der Waals surface area contributed by atoms with Crippen LogP contribution in [-0.4, -0.2) is 0 Å². The van der Waals surface area contributed by atoms with Crippen LogP contribution in [-0.2, 0) is 0 Å². The standard InChI is InChI=1S/C11H14N6/c1-7-5-4-6-10(8(2)14-16-12)11(7)9(3)15-17-13/h4-6,8-9H,1-3H3. The number of nitrogens with zero attached hydrogens (tertiary/aromatic N) is 6. The van der Waals surface area contributed by atoms with Gasteiger partial charge in [0.2, 0.25) is 0 Å². The summed E-state index contributed by atoms with van der Waals surface area (Å²) in [4.78, 5) is 5.63. The van der Waals surface area contributed by atoms with Crippen LogP contribution in [0.25, 0.3) is 20.9 Å². The molecule has 0 bridgehead atoms. The third-order valence-electron chi connectivity index (χ3n) is 2.68. The van der Waals surface area contributed by atoms with Gasteiger partial charge in [-0.25, -0.2) is 0 Å². The maximum atomic E-state index is 8.50. The van der Waals surface area contributed by atoms with Crippen molar-refractivity contribution in [3.05, 3.63) is 55.8 Å². The van der Waals surface area contributed by atoms with E-state index in [4.69, 9.17) is 11.1 Å². The predicted octanol–water partition coefficient (Wildman–Crippen LogP) is 4.74. The Labute approximate surface area is 99.5 Å². The van der Waals surface area contributed by atoms with Crippen molar-refractivity contribution in [1.29, 1.82) is 0 Å². The second kappa shape index (κ2) is 5.80. The first kappa shape index (κ1) is 12.9. The number of rotatable bonds is 4. The molecule has 1 aromatic carbocycles. The first-order valence-corrected chi connectivity index (χ1v) is 5.29. The molecule has 2 unspecified atom stereocenters. The molecule has 0 saturated heterocycles. The second-order valence-electron chi connectivity index (χ2n) is 3.84. The van der Waals surface area contributed by atoms with Gasteiger partial charge in [-0.1, -0.05) is 42.3 Å². The van der Waals surface area contributed by atoms with Gasteiger partial charge in [-0.05, 0) is 34.7 Å². The molecule has 0 aliphatic rings. The van der Waals surface area contributed by atoms with Gasteiger partial charge >= 0.3 is 0 Å². The van der Waals surface area contributed by atoms with Crippen LogP contribution >= 0.6 is 0 Å². The lowest BCUT2D eigenvalue weighted by Crippen LogP contribution is -2.02. The highest BCUT2D eigenvalue weighted by Gasteiger charge is 2.15. The summed E-state index contributed by atoms with van der Waals surface area (Å²) in [5.41, 5.74) is 19.8. The molecule has 0 aromatic heterocycles. The lowest BCUT2D eigenvalue weighted by Gasteiger charge is -2.17. The molecule has 6 nitrogen and oxygen atoms in total. The van der Waals surface area contributed by atoms with E-state index in [1.807, 2.05) is 39.0 Å². The minimum Gasteiger partial charge on any atom is -0.0862 e. The van der Waals surface area contributed by atoms with Gasteiger partial charge in [-0.15, -0.1) is 0 Å². The highest BCUT2D eigenvalue weighted by molar-refractivity contribution is 5.38. The van der Waals surface area contributed by atoms with Crippen LogP contribution in [0.4, 0.5) is 0 Å². The number of aryl methyl sites for hydroxylation is 1. The van der Waals surface area contributed by atoms with Gasteiger partial charge in [0, 0.05) is 9.82 Å². The molecule has 2 atom stereocenters. The summed E-state index contributed by atoms with van der Waals surface area (Å²) in [5, 5.41) is 7.39. The van der Waals surface area contributed by atoms with E-state index >= 15 is 0 Å². The topological polar surface area (TPSA) is 97.5 Å². The molecule has 0 heterocycles. The number of hydrogen-bond acceptors (Lipinski definition) is 2. The average molecular weight is 230 g/mol. The highest BCUT2D eigenvalue weighted by Crippen LogP contribution is 2.30. The van der Waals surface area contributed by atoms with Crippen LogP contribution < -0.4 is 0 Å². The Morgan fingerprint density at radius 2 is 1.65 bits per heavy atom. The monoisotopic (exact) mass is 230 g/mol. The largest absolute Gasteiger partial charge is 0.0862 e. The van der Waals surface area contributed by atoms with E-state index in [1.165, 1.54) is 0 Å². The minimum atomic E-state index is -0.272. The van der Waals surface area contributed by atoms with Gasteiger partial charge in [0.25, 0.3) is 0 Å². The van der Waals surface area contributed by atoms with Gasteiger partial charge in [-0.3, -0.25) is 0 Å². The maximum absolute atomic E-state index is 8.50.